The van der Waals surface area contributed by atoms with Crippen LogP contribution in [0.3, 0.4) is 0 Å². The van der Waals surface area contributed by atoms with Crippen molar-refractivity contribution in [3.05, 3.63) is 69.8 Å². The van der Waals surface area contributed by atoms with Gasteiger partial charge in [0, 0.05) is 13.0 Å². The Balaban J connectivity index is 1.51. The molecule has 1 atom stereocenters. The Bertz CT molecular complexity index is 1340. The second-order valence-electron chi connectivity index (χ2n) is 8.65. The number of carbonyl (C=O) groups is 5. The number of hydrogen-bond donors (Lipinski definition) is 2. The first kappa shape index (κ1) is 26.8. The minimum Gasteiger partial charge on any atom is -0.352 e. The number of fused-ring (bicyclic) bond motifs is 1. The van der Waals surface area contributed by atoms with E-state index in [4.69, 9.17) is 0 Å². The van der Waals surface area contributed by atoms with Crippen molar-refractivity contribution in [3.63, 3.8) is 0 Å². The van der Waals surface area contributed by atoms with Crippen LogP contribution >= 0.6 is 0 Å². The van der Waals surface area contributed by atoms with Crippen LogP contribution in [0.25, 0.3) is 0 Å². The fourth-order valence-corrected chi connectivity index (χ4v) is 4.30. The molecule has 0 spiro atoms. The Morgan fingerprint density at radius 2 is 1.58 bits per heavy atom. The van der Waals surface area contributed by atoms with Crippen LogP contribution in [0.5, 0.6) is 0 Å². The molecule has 2 aromatic carbocycles. The van der Waals surface area contributed by atoms with Gasteiger partial charge in [0.05, 0.1) is 28.7 Å². The molecule has 38 heavy (non-hydrogen) atoms. The summed E-state index contributed by atoms with van der Waals surface area (Å²) in [6, 6.07) is 3.74. The van der Waals surface area contributed by atoms with Crippen molar-refractivity contribution in [2.75, 3.05) is 0 Å². The number of benzene rings is 2. The van der Waals surface area contributed by atoms with E-state index in [1.54, 1.807) is 0 Å². The minimum atomic E-state index is -5.07. The normalized spacial score (nSPS) is 17.9. The number of piperidine rings is 1. The smallest absolute Gasteiger partial charge is 0.352 e. The molecule has 1 unspecified atom stereocenters. The summed E-state index contributed by atoms with van der Waals surface area (Å²) in [5.74, 6) is -3.92. The van der Waals surface area contributed by atoms with E-state index in [-0.39, 0.29) is 42.1 Å². The first-order valence-corrected chi connectivity index (χ1v) is 11.1. The van der Waals surface area contributed by atoms with Crippen LogP contribution < -0.4 is 10.6 Å². The third-order valence-electron chi connectivity index (χ3n) is 6.04. The average Bonchev–Trinajstić information content (AvgIpc) is 3.07. The van der Waals surface area contributed by atoms with E-state index in [1.165, 1.54) is 18.2 Å². The first-order chi connectivity index (χ1) is 17.7. The van der Waals surface area contributed by atoms with E-state index in [1.807, 2.05) is 0 Å². The number of amides is 5. The molecule has 4 rings (SSSR count). The van der Waals surface area contributed by atoms with Crippen LogP contribution in [0.4, 0.5) is 26.3 Å². The summed E-state index contributed by atoms with van der Waals surface area (Å²) in [5.41, 5.74) is -3.68. The van der Waals surface area contributed by atoms with E-state index in [9.17, 15) is 50.3 Å². The Hall–Kier alpha value is -4.23. The molecule has 0 bridgehead atoms. The molecule has 14 heteroatoms. The second-order valence-corrected chi connectivity index (χ2v) is 8.65. The highest BCUT2D eigenvalue weighted by molar-refractivity contribution is 6.24. The van der Waals surface area contributed by atoms with Crippen LogP contribution in [-0.4, -0.2) is 40.5 Å². The van der Waals surface area contributed by atoms with Crippen LogP contribution in [0.1, 0.15) is 55.8 Å². The molecule has 1 saturated heterocycles. The van der Waals surface area contributed by atoms with Crippen molar-refractivity contribution in [1.82, 2.24) is 15.5 Å². The summed E-state index contributed by atoms with van der Waals surface area (Å²) >= 11 is 0. The monoisotopic (exact) mass is 541 g/mol. The van der Waals surface area contributed by atoms with Crippen molar-refractivity contribution in [1.29, 1.82) is 0 Å². The molecule has 0 aliphatic carbocycles. The van der Waals surface area contributed by atoms with Gasteiger partial charge in [0.1, 0.15) is 6.04 Å². The number of halogens is 6. The third kappa shape index (κ3) is 5.24. The van der Waals surface area contributed by atoms with E-state index in [2.05, 4.69) is 10.6 Å². The summed E-state index contributed by atoms with van der Waals surface area (Å²) in [6.45, 7) is -0.380. The van der Waals surface area contributed by atoms with Gasteiger partial charge in [-0.1, -0.05) is 12.1 Å². The molecule has 2 aromatic rings. The molecule has 2 N–H and O–H groups in total. The van der Waals surface area contributed by atoms with Crippen LogP contribution in [0.2, 0.25) is 0 Å². The number of rotatable bonds is 5. The minimum absolute atomic E-state index is 0.0501. The highest BCUT2D eigenvalue weighted by atomic mass is 19.4. The number of carbonyl (C=O) groups excluding carboxylic acids is 5. The van der Waals surface area contributed by atoms with Crippen molar-refractivity contribution in [2.24, 2.45) is 0 Å². The predicted molar refractivity (Wildman–Crippen MR) is 115 cm³/mol. The van der Waals surface area contributed by atoms with Gasteiger partial charge < -0.3 is 5.32 Å². The summed E-state index contributed by atoms with van der Waals surface area (Å²) < 4.78 is 78.4. The van der Waals surface area contributed by atoms with Crippen molar-refractivity contribution in [2.45, 2.75) is 44.2 Å². The van der Waals surface area contributed by atoms with E-state index in [0.717, 1.165) is 4.90 Å². The molecule has 0 radical (unpaired) electrons. The fourth-order valence-electron chi connectivity index (χ4n) is 4.30. The maximum absolute atomic E-state index is 13.1. The molecule has 0 aromatic heterocycles. The number of alkyl halides is 6. The summed E-state index contributed by atoms with van der Waals surface area (Å²) in [7, 11) is 0. The Morgan fingerprint density at radius 3 is 2.16 bits per heavy atom. The van der Waals surface area contributed by atoms with Gasteiger partial charge in [0.25, 0.3) is 11.8 Å². The maximum atomic E-state index is 13.1. The van der Waals surface area contributed by atoms with Crippen molar-refractivity contribution < 1.29 is 50.3 Å². The Morgan fingerprint density at radius 1 is 0.947 bits per heavy atom. The van der Waals surface area contributed by atoms with Gasteiger partial charge >= 0.3 is 12.4 Å². The third-order valence-corrected chi connectivity index (χ3v) is 6.04. The molecule has 1 fully saturated rings. The Kier molecular flexibility index (Phi) is 6.76. The van der Waals surface area contributed by atoms with Crippen LogP contribution in [0, 0.1) is 0 Å². The van der Waals surface area contributed by atoms with Gasteiger partial charge in [0.2, 0.25) is 17.7 Å². The van der Waals surface area contributed by atoms with Gasteiger partial charge in [0.15, 0.2) is 0 Å². The molecule has 2 aliphatic heterocycles. The predicted octanol–water partition coefficient (Wildman–Crippen LogP) is 2.98. The molecule has 2 heterocycles. The quantitative estimate of drug-likeness (QED) is 0.447. The van der Waals surface area contributed by atoms with Crippen molar-refractivity contribution in [3.8, 4) is 0 Å². The first-order valence-electron chi connectivity index (χ1n) is 11.1. The van der Waals surface area contributed by atoms with Gasteiger partial charge in [-0.2, -0.15) is 26.3 Å². The summed E-state index contributed by atoms with van der Waals surface area (Å²) in [6.07, 6.45) is -11.1. The highest BCUT2D eigenvalue weighted by Crippen LogP contribution is 2.36. The number of nitrogens with zero attached hydrogens (tertiary/aromatic N) is 1. The summed E-state index contributed by atoms with van der Waals surface area (Å²) in [5, 5.41) is 4.39. The standard InChI is InChI=1S/C24H17F6N3O5/c25-23(26,27)13-6-11(7-14(9-13)24(28,29)30)8-18(35)31-10-12-2-1-3-15-19(12)22(38)33(21(15)37)16-4-5-17(34)32-20(16)36/h1-3,6-7,9,16H,4-5,8,10H2,(H,31,35)(H,32,34,36). The van der Waals surface area contributed by atoms with E-state index >= 15 is 0 Å². The molecule has 200 valence electrons. The zero-order valence-electron chi connectivity index (χ0n) is 19.1. The molecule has 8 nitrogen and oxygen atoms in total. The lowest BCUT2D eigenvalue weighted by Crippen LogP contribution is -2.54. The lowest BCUT2D eigenvalue weighted by Gasteiger charge is -2.27. The maximum Gasteiger partial charge on any atom is 0.416 e. The van der Waals surface area contributed by atoms with Gasteiger partial charge in [-0.3, -0.25) is 34.2 Å². The largest absolute Gasteiger partial charge is 0.416 e. The zero-order chi connectivity index (χ0) is 28.0. The molecular formula is C24H17F6N3O5. The van der Waals surface area contributed by atoms with Gasteiger partial charge in [-0.05, 0) is 41.8 Å². The topological polar surface area (TPSA) is 113 Å². The van der Waals surface area contributed by atoms with Crippen molar-refractivity contribution >= 4 is 29.5 Å². The number of hydrogen-bond acceptors (Lipinski definition) is 5. The van der Waals surface area contributed by atoms with E-state index < -0.39 is 71.0 Å². The van der Waals surface area contributed by atoms with E-state index in [0.29, 0.717) is 12.1 Å². The van der Waals surface area contributed by atoms with Crippen LogP contribution in [0.15, 0.2) is 36.4 Å². The second kappa shape index (κ2) is 9.58. The lowest BCUT2D eigenvalue weighted by molar-refractivity contribution is -0.143. The zero-order valence-corrected chi connectivity index (χ0v) is 19.1. The van der Waals surface area contributed by atoms with Crippen LogP contribution in [-0.2, 0) is 39.7 Å². The van der Waals surface area contributed by atoms with Gasteiger partial charge in [-0.15, -0.1) is 0 Å². The molecular weight excluding hydrogens is 524 g/mol. The summed E-state index contributed by atoms with van der Waals surface area (Å²) in [4.78, 5) is 62.7. The fraction of sp³-hybridized carbons (Fsp3) is 0.292. The van der Waals surface area contributed by atoms with Gasteiger partial charge in [-0.25, -0.2) is 0 Å². The molecule has 0 saturated carbocycles. The molecule has 2 aliphatic rings. The Labute approximate surface area is 210 Å². The number of imide groups is 2. The average molecular weight is 541 g/mol. The number of nitrogens with one attached hydrogen (secondary N) is 2. The highest BCUT2D eigenvalue weighted by Gasteiger charge is 2.45. The molecule has 5 amide bonds. The lowest BCUT2D eigenvalue weighted by atomic mass is 10.0. The SMILES string of the molecule is O=C(Cc1cc(C(F)(F)F)cc(C(F)(F)F)c1)NCc1cccc2c1C(=O)N(C1CCC(=O)NC1=O)C2=O.